The molecule has 110 valence electrons. The van der Waals surface area contributed by atoms with Crippen LogP contribution in [0, 0.1) is 0 Å². The third kappa shape index (κ3) is 6.04. The van der Waals surface area contributed by atoms with Crippen molar-refractivity contribution in [1.29, 1.82) is 0 Å². The molecule has 0 radical (unpaired) electrons. The molecule has 0 saturated carbocycles. The molecule has 0 aliphatic rings. The largest absolute Gasteiger partial charge is 0.369 e. The van der Waals surface area contributed by atoms with Crippen LogP contribution in [0.15, 0.2) is 24.3 Å². The topological polar surface area (TPSA) is 75.4 Å². The molecule has 0 unspecified atom stereocenters. The first-order valence-electron chi connectivity index (χ1n) is 6.46. The molecular formula is C14H20ClN3O2. The molecule has 0 saturated heterocycles. The number of halogens is 1. The molecule has 1 aromatic carbocycles. The maximum Gasteiger partial charge on any atom is 0.231 e. The van der Waals surface area contributed by atoms with Gasteiger partial charge in [-0.2, -0.15) is 0 Å². The third-order valence-corrected chi connectivity index (χ3v) is 3.06. The van der Waals surface area contributed by atoms with Crippen molar-refractivity contribution in [2.45, 2.75) is 26.3 Å². The Hall–Kier alpha value is -1.59. The molecule has 20 heavy (non-hydrogen) atoms. The molecule has 1 rings (SSSR count). The molecular weight excluding hydrogens is 278 g/mol. The highest BCUT2D eigenvalue weighted by molar-refractivity contribution is 6.30. The lowest BCUT2D eigenvalue weighted by atomic mass is 10.2. The van der Waals surface area contributed by atoms with Gasteiger partial charge in [-0.25, -0.2) is 0 Å². The SMILES string of the molecule is CC(C)N(CCC(=O)Nc1cccc(Cl)c1)CC(N)=O. The molecule has 6 heteroatoms. The molecule has 5 nitrogen and oxygen atoms in total. The van der Waals surface area contributed by atoms with Crippen LogP contribution in [0.25, 0.3) is 0 Å². The van der Waals surface area contributed by atoms with Crippen LogP contribution in [0.2, 0.25) is 5.02 Å². The van der Waals surface area contributed by atoms with Gasteiger partial charge >= 0.3 is 0 Å². The second kappa shape index (κ2) is 7.87. The number of hydrogen-bond donors (Lipinski definition) is 2. The van der Waals surface area contributed by atoms with Gasteiger partial charge < -0.3 is 11.1 Å². The minimum atomic E-state index is -0.394. The quantitative estimate of drug-likeness (QED) is 0.806. The predicted octanol–water partition coefficient (Wildman–Crippen LogP) is 1.86. The lowest BCUT2D eigenvalue weighted by molar-refractivity contribution is -0.121. The highest BCUT2D eigenvalue weighted by Gasteiger charge is 2.13. The van der Waals surface area contributed by atoms with E-state index in [-0.39, 0.29) is 24.9 Å². The predicted molar refractivity (Wildman–Crippen MR) is 80.6 cm³/mol. The minimum absolute atomic E-state index is 0.123. The van der Waals surface area contributed by atoms with E-state index in [1.54, 1.807) is 24.3 Å². The molecule has 0 fully saturated rings. The Morgan fingerprint density at radius 2 is 2.10 bits per heavy atom. The highest BCUT2D eigenvalue weighted by Crippen LogP contribution is 2.15. The van der Waals surface area contributed by atoms with Crippen LogP contribution < -0.4 is 11.1 Å². The van der Waals surface area contributed by atoms with E-state index in [1.165, 1.54) is 0 Å². The van der Waals surface area contributed by atoms with E-state index in [1.807, 2.05) is 18.7 Å². The van der Waals surface area contributed by atoms with Gasteiger partial charge in [0.2, 0.25) is 11.8 Å². The van der Waals surface area contributed by atoms with Crippen molar-refractivity contribution in [2.75, 3.05) is 18.4 Å². The van der Waals surface area contributed by atoms with Gasteiger partial charge in [0.1, 0.15) is 0 Å². The van der Waals surface area contributed by atoms with E-state index in [9.17, 15) is 9.59 Å². The number of primary amides is 1. The average Bonchev–Trinajstić information content (AvgIpc) is 2.33. The van der Waals surface area contributed by atoms with Gasteiger partial charge in [-0.15, -0.1) is 0 Å². The number of benzene rings is 1. The van der Waals surface area contributed by atoms with E-state index < -0.39 is 5.91 Å². The number of nitrogens with two attached hydrogens (primary N) is 1. The zero-order valence-corrected chi connectivity index (χ0v) is 12.5. The van der Waals surface area contributed by atoms with Gasteiger partial charge in [-0.05, 0) is 32.0 Å². The summed E-state index contributed by atoms with van der Waals surface area (Å²) in [5.41, 5.74) is 5.84. The summed E-state index contributed by atoms with van der Waals surface area (Å²) in [5.74, 6) is -0.517. The monoisotopic (exact) mass is 297 g/mol. The second-order valence-electron chi connectivity index (χ2n) is 4.84. The van der Waals surface area contributed by atoms with Crippen LogP contribution in [0.3, 0.4) is 0 Å². The lowest BCUT2D eigenvalue weighted by Gasteiger charge is -2.24. The zero-order valence-electron chi connectivity index (χ0n) is 11.7. The van der Waals surface area contributed by atoms with E-state index in [0.29, 0.717) is 17.3 Å². The number of nitrogens with zero attached hydrogens (tertiary/aromatic N) is 1. The van der Waals surface area contributed by atoms with Gasteiger partial charge in [0.15, 0.2) is 0 Å². The minimum Gasteiger partial charge on any atom is -0.369 e. The van der Waals surface area contributed by atoms with Crippen molar-refractivity contribution in [2.24, 2.45) is 5.73 Å². The average molecular weight is 298 g/mol. The fourth-order valence-corrected chi connectivity index (χ4v) is 1.95. The number of carbonyl (C=O) groups is 2. The van der Waals surface area contributed by atoms with E-state index in [4.69, 9.17) is 17.3 Å². The maximum atomic E-state index is 11.8. The van der Waals surface area contributed by atoms with E-state index in [0.717, 1.165) is 0 Å². The lowest BCUT2D eigenvalue weighted by Crippen LogP contribution is -2.40. The summed E-state index contributed by atoms with van der Waals surface area (Å²) in [4.78, 5) is 24.7. The number of hydrogen-bond acceptors (Lipinski definition) is 3. The number of nitrogens with one attached hydrogen (secondary N) is 1. The summed E-state index contributed by atoms with van der Waals surface area (Å²) in [7, 11) is 0. The fourth-order valence-electron chi connectivity index (χ4n) is 1.75. The third-order valence-electron chi connectivity index (χ3n) is 2.82. The summed E-state index contributed by atoms with van der Waals surface area (Å²) in [6, 6.07) is 7.12. The van der Waals surface area contributed by atoms with Gasteiger partial charge in [0, 0.05) is 29.7 Å². The first kappa shape index (κ1) is 16.5. The molecule has 0 aliphatic carbocycles. The Morgan fingerprint density at radius 3 is 2.65 bits per heavy atom. The second-order valence-corrected chi connectivity index (χ2v) is 5.28. The van der Waals surface area contributed by atoms with Crippen LogP contribution in [-0.4, -0.2) is 35.8 Å². The van der Waals surface area contributed by atoms with Crippen LogP contribution in [0.1, 0.15) is 20.3 Å². The zero-order chi connectivity index (χ0) is 15.1. The first-order chi connectivity index (χ1) is 9.38. The number of amides is 2. The molecule has 3 N–H and O–H groups in total. The Balaban J connectivity index is 2.47. The smallest absolute Gasteiger partial charge is 0.231 e. The molecule has 0 atom stereocenters. The number of anilines is 1. The van der Waals surface area contributed by atoms with E-state index in [2.05, 4.69) is 5.32 Å². The van der Waals surface area contributed by atoms with Gasteiger partial charge in [0.05, 0.1) is 6.54 Å². The van der Waals surface area contributed by atoms with Gasteiger partial charge in [-0.1, -0.05) is 17.7 Å². The van der Waals surface area contributed by atoms with Crippen molar-refractivity contribution < 1.29 is 9.59 Å². The van der Waals surface area contributed by atoms with Crippen molar-refractivity contribution in [3.8, 4) is 0 Å². The molecule has 2 amide bonds. The number of carbonyl (C=O) groups excluding carboxylic acids is 2. The van der Waals surface area contributed by atoms with Gasteiger partial charge in [-0.3, -0.25) is 14.5 Å². The Bertz CT molecular complexity index is 477. The summed E-state index contributed by atoms with van der Waals surface area (Å²) in [6.45, 7) is 4.55. The molecule has 1 aromatic rings. The molecule has 0 aromatic heterocycles. The molecule has 0 aliphatic heterocycles. The van der Waals surface area contributed by atoms with Crippen molar-refractivity contribution in [3.05, 3.63) is 29.3 Å². The molecule has 0 spiro atoms. The van der Waals surface area contributed by atoms with E-state index >= 15 is 0 Å². The van der Waals surface area contributed by atoms with Crippen LogP contribution >= 0.6 is 11.6 Å². The van der Waals surface area contributed by atoms with Gasteiger partial charge in [0.25, 0.3) is 0 Å². The standard InChI is InChI=1S/C14H20ClN3O2/c1-10(2)18(9-13(16)19)7-6-14(20)17-12-5-3-4-11(15)8-12/h3-5,8,10H,6-7,9H2,1-2H3,(H2,16,19)(H,17,20). The summed E-state index contributed by atoms with van der Waals surface area (Å²) in [6.07, 6.45) is 0.290. The van der Waals surface area contributed by atoms with Crippen molar-refractivity contribution in [3.63, 3.8) is 0 Å². The first-order valence-corrected chi connectivity index (χ1v) is 6.84. The van der Waals surface area contributed by atoms with Crippen molar-refractivity contribution >= 4 is 29.1 Å². The number of rotatable bonds is 7. The molecule has 0 bridgehead atoms. The van der Waals surface area contributed by atoms with Crippen LogP contribution in [0.5, 0.6) is 0 Å². The van der Waals surface area contributed by atoms with Crippen molar-refractivity contribution in [1.82, 2.24) is 4.90 Å². The normalized spacial score (nSPS) is 10.8. The van der Waals surface area contributed by atoms with Crippen LogP contribution in [0.4, 0.5) is 5.69 Å². The maximum absolute atomic E-state index is 11.8. The Labute approximate surface area is 124 Å². The summed E-state index contributed by atoms with van der Waals surface area (Å²) >= 11 is 5.84. The van der Waals surface area contributed by atoms with Crippen LogP contribution in [-0.2, 0) is 9.59 Å². The summed E-state index contributed by atoms with van der Waals surface area (Å²) < 4.78 is 0. The highest BCUT2D eigenvalue weighted by atomic mass is 35.5. The summed E-state index contributed by atoms with van der Waals surface area (Å²) in [5, 5.41) is 3.33. The Kier molecular flexibility index (Phi) is 6.48. The molecule has 0 heterocycles. The fraction of sp³-hybridized carbons (Fsp3) is 0.429. The Morgan fingerprint density at radius 1 is 1.40 bits per heavy atom.